The number of nitrogens with zero attached hydrogens (tertiary/aromatic N) is 4. The zero-order valence-electron chi connectivity index (χ0n) is 8.18. The highest BCUT2D eigenvalue weighted by Crippen LogP contribution is 2.26. The molecule has 0 spiro atoms. The van der Waals surface area contributed by atoms with Gasteiger partial charge in [-0.1, -0.05) is 0 Å². The van der Waals surface area contributed by atoms with E-state index in [1.807, 2.05) is 0 Å². The van der Waals surface area contributed by atoms with Gasteiger partial charge in [-0.3, -0.25) is 4.68 Å². The van der Waals surface area contributed by atoms with Crippen molar-refractivity contribution in [3.8, 4) is 17.3 Å². The minimum Gasteiger partial charge on any atom is -0.479 e. The van der Waals surface area contributed by atoms with Crippen molar-refractivity contribution >= 4 is 0 Å². The van der Waals surface area contributed by atoms with Crippen LogP contribution >= 0.6 is 0 Å². The summed E-state index contributed by atoms with van der Waals surface area (Å²) in [5, 5.41) is 11.7. The SMILES string of the molecule is COc1nn(C)cc1-c1nnc(C)o1. The molecule has 0 bridgehead atoms. The van der Waals surface area contributed by atoms with Crippen LogP contribution < -0.4 is 4.74 Å². The molecule has 0 amide bonds. The summed E-state index contributed by atoms with van der Waals surface area (Å²) in [6, 6.07) is 0. The van der Waals surface area contributed by atoms with E-state index in [2.05, 4.69) is 15.3 Å². The summed E-state index contributed by atoms with van der Waals surface area (Å²) in [6.45, 7) is 1.74. The smallest absolute Gasteiger partial charge is 0.254 e. The Morgan fingerprint density at radius 1 is 1.43 bits per heavy atom. The number of ether oxygens (including phenoxy) is 1. The Morgan fingerprint density at radius 3 is 2.79 bits per heavy atom. The summed E-state index contributed by atoms with van der Waals surface area (Å²) in [4.78, 5) is 0. The molecule has 0 saturated heterocycles. The molecular weight excluding hydrogens is 184 g/mol. The van der Waals surface area contributed by atoms with Gasteiger partial charge in [0.25, 0.3) is 5.89 Å². The summed E-state index contributed by atoms with van der Waals surface area (Å²) in [5.74, 6) is 1.43. The summed E-state index contributed by atoms with van der Waals surface area (Å²) in [6.07, 6.45) is 1.77. The van der Waals surface area contributed by atoms with E-state index in [1.165, 1.54) is 0 Å². The van der Waals surface area contributed by atoms with Crippen molar-refractivity contribution in [1.29, 1.82) is 0 Å². The van der Waals surface area contributed by atoms with Crippen LogP contribution in [0.3, 0.4) is 0 Å². The number of methoxy groups -OCH3 is 1. The fourth-order valence-corrected chi connectivity index (χ4v) is 1.17. The molecule has 0 radical (unpaired) electrons. The van der Waals surface area contributed by atoms with Gasteiger partial charge < -0.3 is 9.15 Å². The van der Waals surface area contributed by atoms with Gasteiger partial charge in [0, 0.05) is 20.2 Å². The van der Waals surface area contributed by atoms with E-state index in [0.717, 1.165) is 0 Å². The van der Waals surface area contributed by atoms with Crippen LogP contribution in [0.5, 0.6) is 5.88 Å². The van der Waals surface area contributed by atoms with E-state index in [4.69, 9.17) is 9.15 Å². The monoisotopic (exact) mass is 194 g/mol. The van der Waals surface area contributed by atoms with Gasteiger partial charge in [-0.15, -0.1) is 15.3 Å². The van der Waals surface area contributed by atoms with Gasteiger partial charge in [0.2, 0.25) is 11.8 Å². The Kier molecular flexibility index (Phi) is 1.95. The Labute approximate surface area is 80.5 Å². The van der Waals surface area contributed by atoms with Crippen LogP contribution in [-0.4, -0.2) is 27.1 Å². The zero-order valence-corrected chi connectivity index (χ0v) is 8.18. The number of rotatable bonds is 2. The van der Waals surface area contributed by atoms with Crippen molar-refractivity contribution in [2.24, 2.45) is 7.05 Å². The standard InChI is InChI=1S/C8H10N4O2/c1-5-9-10-7(14-5)6-4-12(2)11-8(6)13-3/h4H,1-3H3. The average Bonchev–Trinajstić information content (AvgIpc) is 2.71. The Hall–Kier alpha value is -1.85. The van der Waals surface area contributed by atoms with Crippen LogP contribution in [0, 0.1) is 6.92 Å². The first-order chi connectivity index (χ1) is 6.70. The Balaban J connectivity index is 2.49. The zero-order chi connectivity index (χ0) is 10.1. The lowest BCUT2D eigenvalue weighted by Gasteiger charge is -1.93. The molecule has 2 aromatic heterocycles. The Bertz CT molecular complexity index is 446. The van der Waals surface area contributed by atoms with E-state index >= 15 is 0 Å². The third-order valence-corrected chi connectivity index (χ3v) is 1.74. The maximum absolute atomic E-state index is 5.27. The number of hydrogen-bond acceptors (Lipinski definition) is 5. The van der Waals surface area contributed by atoms with Crippen LogP contribution in [-0.2, 0) is 7.05 Å². The van der Waals surface area contributed by atoms with Crippen molar-refractivity contribution in [1.82, 2.24) is 20.0 Å². The van der Waals surface area contributed by atoms with E-state index < -0.39 is 0 Å². The molecule has 0 aliphatic heterocycles. The molecule has 0 saturated carbocycles. The molecule has 2 heterocycles. The highest BCUT2D eigenvalue weighted by molar-refractivity contribution is 5.58. The molecular formula is C8H10N4O2. The average molecular weight is 194 g/mol. The molecule has 0 aliphatic rings. The number of hydrogen-bond donors (Lipinski definition) is 0. The summed E-state index contributed by atoms with van der Waals surface area (Å²) >= 11 is 0. The largest absolute Gasteiger partial charge is 0.479 e. The minimum atomic E-state index is 0.424. The minimum absolute atomic E-state index is 0.424. The topological polar surface area (TPSA) is 66.0 Å². The van der Waals surface area contributed by atoms with Gasteiger partial charge in [-0.2, -0.15) is 0 Å². The second-order valence-electron chi connectivity index (χ2n) is 2.85. The van der Waals surface area contributed by atoms with Crippen molar-refractivity contribution < 1.29 is 9.15 Å². The molecule has 0 unspecified atom stereocenters. The van der Waals surface area contributed by atoms with E-state index in [-0.39, 0.29) is 0 Å². The summed E-state index contributed by atoms with van der Waals surface area (Å²) in [5.41, 5.74) is 0.704. The van der Waals surface area contributed by atoms with Crippen LogP contribution in [0.2, 0.25) is 0 Å². The predicted octanol–water partition coefficient (Wildman–Crippen LogP) is 0.787. The second-order valence-corrected chi connectivity index (χ2v) is 2.85. The van der Waals surface area contributed by atoms with Gasteiger partial charge in [0.15, 0.2) is 0 Å². The molecule has 0 aromatic carbocycles. The quantitative estimate of drug-likeness (QED) is 0.707. The van der Waals surface area contributed by atoms with Gasteiger partial charge >= 0.3 is 0 Å². The van der Waals surface area contributed by atoms with Gasteiger partial charge in [-0.05, 0) is 0 Å². The molecule has 14 heavy (non-hydrogen) atoms. The number of aromatic nitrogens is 4. The molecule has 2 aromatic rings. The number of aryl methyl sites for hydroxylation is 2. The lowest BCUT2D eigenvalue weighted by atomic mass is 10.3. The lowest BCUT2D eigenvalue weighted by Crippen LogP contribution is -1.89. The first-order valence-corrected chi connectivity index (χ1v) is 4.09. The van der Waals surface area contributed by atoms with E-state index in [9.17, 15) is 0 Å². The van der Waals surface area contributed by atoms with Crippen LogP contribution in [0.1, 0.15) is 5.89 Å². The molecule has 0 fully saturated rings. The van der Waals surface area contributed by atoms with Crippen molar-refractivity contribution in [2.75, 3.05) is 7.11 Å². The lowest BCUT2D eigenvalue weighted by molar-refractivity contribution is 0.391. The second kappa shape index (κ2) is 3.13. The highest BCUT2D eigenvalue weighted by atomic mass is 16.5. The fraction of sp³-hybridized carbons (Fsp3) is 0.375. The van der Waals surface area contributed by atoms with Gasteiger partial charge in [0.05, 0.1) is 7.11 Å². The predicted molar refractivity (Wildman–Crippen MR) is 47.8 cm³/mol. The van der Waals surface area contributed by atoms with Crippen LogP contribution in [0.4, 0.5) is 0 Å². The first kappa shape index (κ1) is 8.74. The maximum atomic E-state index is 5.27. The molecule has 0 N–H and O–H groups in total. The maximum Gasteiger partial charge on any atom is 0.254 e. The molecule has 2 rings (SSSR count). The highest BCUT2D eigenvalue weighted by Gasteiger charge is 2.15. The van der Waals surface area contributed by atoms with E-state index in [1.54, 1.807) is 32.0 Å². The molecule has 0 atom stereocenters. The Morgan fingerprint density at radius 2 is 2.21 bits per heavy atom. The normalized spacial score (nSPS) is 10.5. The van der Waals surface area contributed by atoms with Gasteiger partial charge in [-0.25, -0.2) is 0 Å². The summed E-state index contributed by atoms with van der Waals surface area (Å²) < 4.78 is 12.0. The third kappa shape index (κ3) is 1.34. The van der Waals surface area contributed by atoms with Crippen LogP contribution in [0.25, 0.3) is 11.5 Å². The van der Waals surface area contributed by atoms with Crippen molar-refractivity contribution in [3.05, 3.63) is 12.1 Å². The summed E-state index contributed by atoms with van der Waals surface area (Å²) in [7, 11) is 3.35. The molecule has 74 valence electrons. The van der Waals surface area contributed by atoms with Crippen molar-refractivity contribution in [2.45, 2.75) is 6.92 Å². The molecule has 6 heteroatoms. The van der Waals surface area contributed by atoms with E-state index in [0.29, 0.717) is 23.2 Å². The fourth-order valence-electron chi connectivity index (χ4n) is 1.17. The van der Waals surface area contributed by atoms with Crippen molar-refractivity contribution in [3.63, 3.8) is 0 Å². The first-order valence-electron chi connectivity index (χ1n) is 4.09. The van der Waals surface area contributed by atoms with Crippen LogP contribution in [0.15, 0.2) is 10.6 Å². The molecule has 6 nitrogen and oxygen atoms in total. The third-order valence-electron chi connectivity index (χ3n) is 1.74. The molecule has 0 aliphatic carbocycles. The van der Waals surface area contributed by atoms with Gasteiger partial charge in [0.1, 0.15) is 5.56 Å².